The zero-order valence-electron chi connectivity index (χ0n) is 17.3. The van der Waals surface area contributed by atoms with Gasteiger partial charge in [0.1, 0.15) is 0 Å². The SMILES string of the molecule is CC(C)c1c(C(=O)NC2CCCN(S(C)(=O)=O)C2)cnn1-c1ccc(C(F)(F)F)cn1. The molecule has 1 fully saturated rings. The highest BCUT2D eigenvalue weighted by atomic mass is 32.2. The molecule has 1 unspecified atom stereocenters. The Balaban J connectivity index is 1.84. The molecule has 12 heteroatoms. The fourth-order valence-corrected chi connectivity index (χ4v) is 4.49. The van der Waals surface area contributed by atoms with Crippen molar-refractivity contribution in [3.05, 3.63) is 41.3 Å². The minimum Gasteiger partial charge on any atom is -0.348 e. The van der Waals surface area contributed by atoms with Crippen LogP contribution >= 0.6 is 0 Å². The molecule has 31 heavy (non-hydrogen) atoms. The molecule has 0 bridgehead atoms. The van der Waals surface area contributed by atoms with E-state index in [4.69, 9.17) is 0 Å². The molecule has 1 aliphatic heterocycles. The van der Waals surface area contributed by atoms with Crippen molar-refractivity contribution in [2.24, 2.45) is 0 Å². The second kappa shape index (κ2) is 8.58. The lowest BCUT2D eigenvalue weighted by atomic mass is 10.0. The van der Waals surface area contributed by atoms with E-state index in [0.717, 1.165) is 18.5 Å². The Morgan fingerprint density at radius 3 is 2.52 bits per heavy atom. The molecule has 1 atom stereocenters. The van der Waals surface area contributed by atoms with E-state index in [0.29, 0.717) is 25.1 Å². The van der Waals surface area contributed by atoms with E-state index in [1.807, 2.05) is 13.8 Å². The third-order valence-electron chi connectivity index (χ3n) is 5.08. The summed E-state index contributed by atoms with van der Waals surface area (Å²) in [4.78, 5) is 16.8. The summed E-state index contributed by atoms with van der Waals surface area (Å²) in [5.41, 5.74) is -0.103. The Bertz CT molecular complexity index is 1050. The number of hydrogen-bond donors (Lipinski definition) is 1. The first-order valence-corrected chi connectivity index (χ1v) is 11.6. The van der Waals surface area contributed by atoms with Gasteiger partial charge in [-0.3, -0.25) is 4.79 Å². The number of piperidine rings is 1. The molecule has 3 heterocycles. The summed E-state index contributed by atoms with van der Waals surface area (Å²) in [6, 6.07) is 1.77. The van der Waals surface area contributed by atoms with Crippen molar-refractivity contribution in [1.82, 2.24) is 24.4 Å². The highest BCUT2D eigenvalue weighted by Gasteiger charge is 2.32. The van der Waals surface area contributed by atoms with Crippen LogP contribution in [0.15, 0.2) is 24.5 Å². The minimum absolute atomic E-state index is 0.164. The maximum Gasteiger partial charge on any atom is 0.417 e. The standard InChI is InChI=1S/C19H24F3N5O3S/c1-12(2)17-15(18(28)25-14-5-4-8-26(11-14)31(3,29)30)10-24-27(17)16-7-6-13(9-23-16)19(20,21)22/h6-7,9-10,12,14H,4-5,8,11H2,1-3H3,(H,25,28). The van der Waals surface area contributed by atoms with Gasteiger partial charge in [-0.05, 0) is 30.9 Å². The van der Waals surface area contributed by atoms with Gasteiger partial charge < -0.3 is 5.32 Å². The molecule has 170 valence electrons. The second-order valence-corrected chi connectivity index (χ2v) is 9.83. The van der Waals surface area contributed by atoms with Crippen LogP contribution in [-0.4, -0.2) is 58.8 Å². The van der Waals surface area contributed by atoms with Crippen molar-refractivity contribution in [1.29, 1.82) is 0 Å². The van der Waals surface area contributed by atoms with Gasteiger partial charge in [0, 0.05) is 25.3 Å². The summed E-state index contributed by atoms with van der Waals surface area (Å²) >= 11 is 0. The molecule has 0 aliphatic carbocycles. The van der Waals surface area contributed by atoms with Crippen molar-refractivity contribution in [2.75, 3.05) is 19.3 Å². The van der Waals surface area contributed by atoms with Crippen LogP contribution in [0.1, 0.15) is 54.2 Å². The van der Waals surface area contributed by atoms with E-state index in [2.05, 4.69) is 15.4 Å². The highest BCUT2D eigenvalue weighted by molar-refractivity contribution is 7.88. The van der Waals surface area contributed by atoms with Gasteiger partial charge >= 0.3 is 6.18 Å². The van der Waals surface area contributed by atoms with Crippen molar-refractivity contribution >= 4 is 15.9 Å². The number of hydrogen-bond acceptors (Lipinski definition) is 5. The number of sulfonamides is 1. The third-order valence-corrected chi connectivity index (χ3v) is 6.35. The summed E-state index contributed by atoms with van der Waals surface area (Å²) in [6.45, 7) is 4.27. The van der Waals surface area contributed by atoms with Crippen LogP contribution in [0.4, 0.5) is 13.2 Å². The Labute approximate surface area is 178 Å². The largest absolute Gasteiger partial charge is 0.417 e. The molecule has 2 aromatic rings. The molecule has 8 nitrogen and oxygen atoms in total. The molecule has 0 spiro atoms. The zero-order valence-corrected chi connectivity index (χ0v) is 18.2. The Kier molecular flexibility index (Phi) is 6.42. The first kappa shape index (κ1) is 23.2. The van der Waals surface area contributed by atoms with Crippen LogP contribution in [0.5, 0.6) is 0 Å². The first-order chi connectivity index (χ1) is 14.4. The molecule has 1 aliphatic rings. The average Bonchev–Trinajstić information content (AvgIpc) is 3.12. The lowest BCUT2D eigenvalue weighted by Crippen LogP contribution is -2.49. The van der Waals surface area contributed by atoms with Crippen LogP contribution in [0, 0.1) is 0 Å². The molecule has 3 rings (SSSR count). The maximum atomic E-state index is 12.9. The van der Waals surface area contributed by atoms with E-state index in [1.165, 1.54) is 21.3 Å². The highest BCUT2D eigenvalue weighted by Crippen LogP contribution is 2.29. The number of pyridine rings is 1. The van der Waals surface area contributed by atoms with Crippen molar-refractivity contribution < 1.29 is 26.4 Å². The van der Waals surface area contributed by atoms with Crippen LogP contribution in [0.2, 0.25) is 0 Å². The van der Waals surface area contributed by atoms with Gasteiger partial charge in [0.25, 0.3) is 5.91 Å². The fraction of sp³-hybridized carbons (Fsp3) is 0.526. The number of carbonyl (C=O) groups excluding carboxylic acids is 1. The van der Waals surface area contributed by atoms with Crippen molar-refractivity contribution in [2.45, 2.75) is 44.8 Å². The molecular formula is C19H24F3N5O3S. The zero-order chi connectivity index (χ0) is 23.0. The molecular weight excluding hydrogens is 435 g/mol. The summed E-state index contributed by atoms with van der Waals surface area (Å²) in [7, 11) is -3.35. The number of alkyl halides is 3. The predicted octanol–water partition coefficient (Wildman–Crippen LogP) is 2.56. The first-order valence-electron chi connectivity index (χ1n) is 9.75. The monoisotopic (exact) mass is 459 g/mol. The summed E-state index contributed by atoms with van der Waals surface area (Å²) in [5.74, 6) is -0.426. The number of nitrogens with one attached hydrogen (secondary N) is 1. The molecule has 2 aromatic heterocycles. The van der Waals surface area contributed by atoms with E-state index >= 15 is 0 Å². The minimum atomic E-state index is -4.50. The molecule has 0 aromatic carbocycles. The molecule has 0 saturated carbocycles. The lowest BCUT2D eigenvalue weighted by Gasteiger charge is -2.31. The van der Waals surface area contributed by atoms with Crippen LogP contribution < -0.4 is 5.32 Å². The average molecular weight is 459 g/mol. The van der Waals surface area contributed by atoms with Gasteiger partial charge in [-0.25, -0.2) is 22.4 Å². The quantitative estimate of drug-likeness (QED) is 0.741. The normalized spacial score (nSPS) is 18.4. The van der Waals surface area contributed by atoms with Gasteiger partial charge in [0.15, 0.2) is 5.82 Å². The van der Waals surface area contributed by atoms with Crippen molar-refractivity contribution in [3.63, 3.8) is 0 Å². The molecule has 1 N–H and O–H groups in total. The van der Waals surface area contributed by atoms with E-state index in [1.54, 1.807) is 0 Å². The Morgan fingerprint density at radius 1 is 1.26 bits per heavy atom. The van der Waals surface area contributed by atoms with Gasteiger partial charge in [-0.15, -0.1) is 0 Å². The Morgan fingerprint density at radius 2 is 1.97 bits per heavy atom. The summed E-state index contributed by atoms with van der Waals surface area (Å²) in [6.07, 6.45) is -0.0203. The van der Waals surface area contributed by atoms with E-state index in [-0.39, 0.29) is 29.9 Å². The summed E-state index contributed by atoms with van der Waals surface area (Å²) < 4.78 is 64.7. The van der Waals surface area contributed by atoms with Crippen LogP contribution in [0.25, 0.3) is 5.82 Å². The van der Waals surface area contributed by atoms with Gasteiger partial charge in [0.05, 0.1) is 29.3 Å². The van der Waals surface area contributed by atoms with E-state index in [9.17, 15) is 26.4 Å². The fourth-order valence-electron chi connectivity index (χ4n) is 3.57. The number of halogens is 3. The number of carbonyl (C=O) groups is 1. The summed E-state index contributed by atoms with van der Waals surface area (Å²) in [5, 5.41) is 7.03. The number of amides is 1. The van der Waals surface area contributed by atoms with Gasteiger partial charge in [0.2, 0.25) is 10.0 Å². The maximum absolute atomic E-state index is 12.9. The van der Waals surface area contributed by atoms with Crippen LogP contribution in [-0.2, 0) is 16.2 Å². The molecule has 1 saturated heterocycles. The molecule has 1 amide bonds. The topological polar surface area (TPSA) is 97.2 Å². The number of rotatable bonds is 5. The van der Waals surface area contributed by atoms with Crippen LogP contribution in [0.3, 0.4) is 0 Å². The van der Waals surface area contributed by atoms with Gasteiger partial charge in [-0.2, -0.15) is 18.3 Å². The lowest BCUT2D eigenvalue weighted by molar-refractivity contribution is -0.137. The predicted molar refractivity (Wildman–Crippen MR) is 107 cm³/mol. The molecule has 0 radical (unpaired) electrons. The second-order valence-electron chi connectivity index (χ2n) is 7.85. The Hall–Kier alpha value is -2.47. The third kappa shape index (κ3) is 5.24. The smallest absolute Gasteiger partial charge is 0.348 e. The van der Waals surface area contributed by atoms with Crippen molar-refractivity contribution in [3.8, 4) is 5.82 Å². The number of aromatic nitrogens is 3. The number of nitrogens with zero attached hydrogens (tertiary/aromatic N) is 4. The van der Waals surface area contributed by atoms with E-state index < -0.39 is 27.7 Å². The van der Waals surface area contributed by atoms with Gasteiger partial charge in [-0.1, -0.05) is 13.8 Å².